The molecule has 5 nitrogen and oxygen atoms in total. The molecular formula is C17H17NO4. The van der Waals surface area contributed by atoms with Crippen LogP contribution in [0, 0.1) is 0 Å². The van der Waals surface area contributed by atoms with Gasteiger partial charge in [-0.15, -0.1) is 0 Å². The van der Waals surface area contributed by atoms with Gasteiger partial charge in [0.1, 0.15) is 13.2 Å². The van der Waals surface area contributed by atoms with Crippen LogP contribution in [-0.4, -0.2) is 24.1 Å². The van der Waals surface area contributed by atoms with Crippen molar-refractivity contribution in [1.29, 1.82) is 0 Å². The number of hydrogen-bond acceptors (Lipinski definition) is 4. The number of rotatable bonds is 4. The zero-order valence-corrected chi connectivity index (χ0v) is 12.4. The molecule has 5 heteroatoms. The third-order valence-corrected chi connectivity index (χ3v) is 3.62. The standard InChI is InChI=1S/C17H17NO4/c1-2-7-18-14(5-3-13(11-19)17(18)20)12-4-6-15-16(10-12)22-9-8-21-15/h3-6,10-11H,2,7-9H2,1H3. The fourth-order valence-electron chi connectivity index (χ4n) is 2.59. The molecule has 0 N–H and O–H groups in total. The first kappa shape index (κ1) is 14.4. The fraction of sp³-hybridized carbons (Fsp3) is 0.294. The monoisotopic (exact) mass is 299 g/mol. The molecule has 0 aliphatic carbocycles. The molecule has 1 aliphatic rings. The van der Waals surface area contributed by atoms with Crippen molar-refractivity contribution in [3.05, 3.63) is 46.2 Å². The van der Waals surface area contributed by atoms with Crippen LogP contribution in [-0.2, 0) is 6.54 Å². The van der Waals surface area contributed by atoms with Gasteiger partial charge in [0.15, 0.2) is 17.8 Å². The summed E-state index contributed by atoms with van der Waals surface area (Å²) < 4.78 is 12.7. The van der Waals surface area contributed by atoms with Crippen molar-refractivity contribution in [1.82, 2.24) is 4.57 Å². The summed E-state index contributed by atoms with van der Waals surface area (Å²) in [6, 6.07) is 8.98. The highest BCUT2D eigenvalue weighted by Crippen LogP contribution is 2.34. The van der Waals surface area contributed by atoms with Crippen molar-refractivity contribution in [2.75, 3.05) is 13.2 Å². The van der Waals surface area contributed by atoms with E-state index in [9.17, 15) is 9.59 Å². The fourth-order valence-corrected chi connectivity index (χ4v) is 2.59. The van der Waals surface area contributed by atoms with E-state index in [1.165, 1.54) is 0 Å². The molecular weight excluding hydrogens is 282 g/mol. The topological polar surface area (TPSA) is 57.5 Å². The predicted octanol–water partition coefficient (Wildman–Crippen LogP) is 2.51. The second kappa shape index (κ2) is 6.05. The Morgan fingerprint density at radius 1 is 1.14 bits per heavy atom. The van der Waals surface area contributed by atoms with E-state index in [2.05, 4.69) is 0 Å². The number of aromatic nitrogens is 1. The average Bonchev–Trinajstić information content (AvgIpc) is 2.56. The number of ether oxygens (including phenoxy) is 2. The largest absolute Gasteiger partial charge is 0.486 e. The molecule has 1 aliphatic heterocycles. The van der Waals surface area contributed by atoms with E-state index in [0.717, 1.165) is 17.7 Å². The highest BCUT2D eigenvalue weighted by atomic mass is 16.6. The van der Waals surface area contributed by atoms with Gasteiger partial charge >= 0.3 is 0 Å². The second-order valence-electron chi connectivity index (χ2n) is 5.11. The minimum absolute atomic E-state index is 0.176. The van der Waals surface area contributed by atoms with Gasteiger partial charge in [-0.2, -0.15) is 0 Å². The van der Waals surface area contributed by atoms with Gasteiger partial charge in [0, 0.05) is 12.1 Å². The Bertz CT molecular complexity index is 764. The Morgan fingerprint density at radius 2 is 1.91 bits per heavy atom. The van der Waals surface area contributed by atoms with Crippen LogP contribution in [0.4, 0.5) is 0 Å². The minimum Gasteiger partial charge on any atom is -0.486 e. The van der Waals surface area contributed by atoms with Gasteiger partial charge in [-0.25, -0.2) is 0 Å². The van der Waals surface area contributed by atoms with Gasteiger partial charge in [-0.1, -0.05) is 6.92 Å². The van der Waals surface area contributed by atoms with E-state index in [-0.39, 0.29) is 11.1 Å². The maximum absolute atomic E-state index is 12.3. The summed E-state index contributed by atoms with van der Waals surface area (Å²) in [5.41, 5.74) is 1.56. The Balaban J connectivity index is 2.13. The molecule has 2 aromatic rings. The van der Waals surface area contributed by atoms with E-state index in [1.807, 2.05) is 25.1 Å². The highest BCUT2D eigenvalue weighted by Gasteiger charge is 2.15. The molecule has 114 valence electrons. The molecule has 0 atom stereocenters. The summed E-state index contributed by atoms with van der Waals surface area (Å²) in [5.74, 6) is 1.39. The van der Waals surface area contributed by atoms with Gasteiger partial charge in [-0.05, 0) is 36.8 Å². The lowest BCUT2D eigenvalue weighted by Crippen LogP contribution is -2.25. The highest BCUT2D eigenvalue weighted by molar-refractivity contribution is 5.75. The number of carbonyl (C=O) groups excluding carboxylic acids is 1. The number of hydrogen-bond donors (Lipinski definition) is 0. The number of nitrogens with zero attached hydrogens (tertiary/aromatic N) is 1. The number of carbonyl (C=O) groups is 1. The lowest BCUT2D eigenvalue weighted by atomic mass is 10.1. The molecule has 0 unspecified atom stereocenters. The van der Waals surface area contributed by atoms with Gasteiger partial charge in [-0.3, -0.25) is 9.59 Å². The Kier molecular flexibility index (Phi) is 3.96. The molecule has 0 spiro atoms. The van der Waals surface area contributed by atoms with E-state index < -0.39 is 0 Å². The summed E-state index contributed by atoms with van der Waals surface area (Å²) in [6.45, 7) is 3.61. The maximum atomic E-state index is 12.3. The average molecular weight is 299 g/mol. The van der Waals surface area contributed by atoms with Crippen molar-refractivity contribution >= 4 is 6.29 Å². The maximum Gasteiger partial charge on any atom is 0.261 e. The first-order valence-corrected chi connectivity index (χ1v) is 7.33. The van der Waals surface area contributed by atoms with Crippen molar-refractivity contribution in [2.45, 2.75) is 19.9 Å². The van der Waals surface area contributed by atoms with E-state index in [1.54, 1.807) is 16.7 Å². The molecule has 0 saturated carbocycles. The second-order valence-corrected chi connectivity index (χ2v) is 5.11. The van der Waals surface area contributed by atoms with Crippen molar-refractivity contribution in [3.8, 4) is 22.8 Å². The lowest BCUT2D eigenvalue weighted by molar-refractivity contribution is 0.112. The van der Waals surface area contributed by atoms with E-state index in [4.69, 9.17) is 9.47 Å². The molecule has 22 heavy (non-hydrogen) atoms. The van der Waals surface area contributed by atoms with Crippen molar-refractivity contribution in [2.24, 2.45) is 0 Å². The lowest BCUT2D eigenvalue weighted by Gasteiger charge is -2.20. The summed E-state index contributed by atoms with van der Waals surface area (Å²) in [5, 5.41) is 0. The van der Waals surface area contributed by atoms with Crippen LogP contribution < -0.4 is 15.0 Å². The van der Waals surface area contributed by atoms with Crippen LogP contribution in [0.1, 0.15) is 23.7 Å². The van der Waals surface area contributed by atoms with Crippen LogP contribution in [0.25, 0.3) is 11.3 Å². The summed E-state index contributed by atoms with van der Waals surface area (Å²) in [4.78, 5) is 23.3. The normalized spacial score (nSPS) is 13.0. The number of benzene rings is 1. The molecule has 2 heterocycles. The molecule has 1 aromatic carbocycles. The Hall–Kier alpha value is -2.56. The SMILES string of the molecule is CCCn1c(-c2ccc3c(c2)OCCO3)ccc(C=O)c1=O. The van der Waals surface area contributed by atoms with E-state index >= 15 is 0 Å². The first-order chi connectivity index (χ1) is 10.7. The van der Waals surface area contributed by atoms with Gasteiger partial charge in [0.25, 0.3) is 5.56 Å². The van der Waals surface area contributed by atoms with Crippen LogP contribution >= 0.6 is 0 Å². The summed E-state index contributed by atoms with van der Waals surface area (Å²) in [6.07, 6.45) is 1.40. The molecule has 0 bridgehead atoms. The summed E-state index contributed by atoms with van der Waals surface area (Å²) in [7, 11) is 0. The third kappa shape index (κ3) is 2.50. The zero-order valence-electron chi connectivity index (χ0n) is 12.4. The zero-order chi connectivity index (χ0) is 15.5. The predicted molar refractivity (Wildman–Crippen MR) is 82.8 cm³/mol. The van der Waals surface area contributed by atoms with Crippen LogP contribution in [0.15, 0.2) is 35.1 Å². The van der Waals surface area contributed by atoms with Crippen LogP contribution in [0.2, 0.25) is 0 Å². The molecule has 3 rings (SSSR count). The van der Waals surface area contributed by atoms with Crippen LogP contribution in [0.3, 0.4) is 0 Å². The van der Waals surface area contributed by atoms with Gasteiger partial charge in [0.2, 0.25) is 0 Å². The Labute approximate surface area is 128 Å². The van der Waals surface area contributed by atoms with Gasteiger partial charge < -0.3 is 14.0 Å². The molecule has 0 saturated heterocycles. The third-order valence-electron chi connectivity index (χ3n) is 3.62. The molecule has 1 aromatic heterocycles. The smallest absolute Gasteiger partial charge is 0.261 e. The van der Waals surface area contributed by atoms with Crippen molar-refractivity contribution in [3.63, 3.8) is 0 Å². The van der Waals surface area contributed by atoms with Gasteiger partial charge in [0.05, 0.1) is 11.3 Å². The summed E-state index contributed by atoms with van der Waals surface area (Å²) >= 11 is 0. The minimum atomic E-state index is -0.260. The quantitative estimate of drug-likeness (QED) is 0.814. The molecule has 0 fully saturated rings. The molecule has 0 radical (unpaired) electrons. The molecule has 0 amide bonds. The van der Waals surface area contributed by atoms with E-state index in [0.29, 0.717) is 37.5 Å². The number of pyridine rings is 1. The first-order valence-electron chi connectivity index (χ1n) is 7.33. The van der Waals surface area contributed by atoms with Crippen molar-refractivity contribution < 1.29 is 14.3 Å². The Morgan fingerprint density at radius 3 is 2.64 bits per heavy atom. The van der Waals surface area contributed by atoms with Crippen LogP contribution in [0.5, 0.6) is 11.5 Å². The number of aldehydes is 1. The number of fused-ring (bicyclic) bond motifs is 1.